The van der Waals surface area contributed by atoms with Gasteiger partial charge in [-0.05, 0) is 31.0 Å². The Morgan fingerprint density at radius 1 is 1.35 bits per heavy atom. The number of nitriles is 1. The lowest BCUT2D eigenvalue weighted by Crippen LogP contribution is -2.54. The minimum absolute atomic E-state index is 0.182. The van der Waals surface area contributed by atoms with E-state index in [0.717, 1.165) is 5.69 Å². The molecule has 6 nitrogen and oxygen atoms in total. The molecule has 3 N–H and O–H groups in total. The summed E-state index contributed by atoms with van der Waals surface area (Å²) >= 11 is 0. The van der Waals surface area contributed by atoms with E-state index in [1.54, 1.807) is 13.8 Å². The van der Waals surface area contributed by atoms with Crippen molar-refractivity contribution in [2.24, 2.45) is 11.1 Å². The first-order valence-electron chi connectivity index (χ1n) is 9.01. The molecule has 1 fully saturated rings. The molecule has 0 saturated carbocycles. The molecule has 1 aromatic rings. The topological polar surface area (TPSA) is 99.2 Å². The van der Waals surface area contributed by atoms with E-state index in [2.05, 4.69) is 41.4 Å². The minimum Gasteiger partial charge on any atom is -0.371 e. The molecule has 0 bridgehead atoms. The van der Waals surface area contributed by atoms with Gasteiger partial charge in [-0.15, -0.1) is 0 Å². The molecule has 1 saturated heterocycles. The fourth-order valence-corrected chi connectivity index (χ4v) is 3.11. The van der Waals surface area contributed by atoms with Crippen LogP contribution in [0.5, 0.6) is 0 Å². The number of benzene rings is 1. The van der Waals surface area contributed by atoms with Crippen molar-refractivity contribution in [2.45, 2.75) is 52.0 Å². The zero-order chi connectivity index (χ0) is 19.4. The molecule has 0 unspecified atom stereocenters. The van der Waals surface area contributed by atoms with E-state index in [9.17, 15) is 14.9 Å². The number of amides is 2. The number of nitrogens with one attached hydrogen (secondary N) is 1. The van der Waals surface area contributed by atoms with Gasteiger partial charge in [0, 0.05) is 43.5 Å². The van der Waals surface area contributed by atoms with Gasteiger partial charge in [0.2, 0.25) is 11.8 Å². The highest BCUT2D eigenvalue weighted by atomic mass is 16.2. The van der Waals surface area contributed by atoms with Gasteiger partial charge in [-0.3, -0.25) is 9.59 Å². The second-order valence-electron chi connectivity index (χ2n) is 7.82. The molecule has 0 atom stereocenters. The molecule has 2 amide bonds. The first kappa shape index (κ1) is 19.8. The molecule has 2 rings (SSSR count). The second kappa shape index (κ2) is 7.77. The number of anilines is 1. The Balaban J connectivity index is 1.93. The largest absolute Gasteiger partial charge is 0.371 e. The summed E-state index contributed by atoms with van der Waals surface area (Å²) in [7, 11) is 0. The van der Waals surface area contributed by atoms with Gasteiger partial charge in [-0.25, -0.2) is 0 Å². The van der Waals surface area contributed by atoms with E-state index in [1.165, 1.54) is 5.56 Å². The van der Waals surface area contributed by atoms with E-state index in [-0.39, 0.29) is 12.3 Å². The molecule has 1 aromatic carbocycles. The van der Waals surface area contributed by atoms with Crippen LogP contribution in [0.1, 0.15) is 45.1 Å². The number of rotatable bonds is 6. The third-order valence-electron chi connectivity index (χ3n) is 5.22. The predicted molar refractivity (Wildman–Crippen MR) is 101 cm³/mol. The van der Waals surface area contributed by atoms with Crippen LogP contribution >= 0.6 is 0 Å². The van der Waals surface area contributed by atoms with Crippen LogP contribution in [0.25, 0.3) is 0 Å². The molecule has 1 aliphatic rings. The monoisotopic (exact) mass is 356 g/mol. The van der Waals surface area contributed by atoms with E-state index < -0.39 is 16.9 Å². The maximum atomic E-state index is 12.3. The van der Waals surface area contributed by atoms with Crippen LogP contribution < -0.4 is 16.0 Å². The van der Waals surface area contributed by atoms with Crippen molar-refractivity contribution in [3.05, 3.63) is 29.8 Å². The van der Waals surface area contributed by atoms with E-state index in [1.807, 2.05) is 6.07 Å². The van der Waals surface area contributed by atoms with Crippen LogP contribution in [0.2, 0.25) is 0 Å². The summed E-state index contributed by atoms with van der Waals surface area (Å²) in [6.45, 7) is 6.93. The second-order valence-corrected chi connectivity index (χ2v) is 7.82. The third-order valence-corrected chi connectivity index (χ3v) is 5.22. The van der Waals surface area contributed by atoms with Crippen LogP contribution in [-0.2, 0) is 9.59 Å². The molecule has 6 heteroatoms. The Morgan fingerprint density at radius 2 is 2.00 bits per heavy atom. The Morgan fingerprint density at radius 3 is 2.54 bits per heavy atom. The molecule has 0 aliphatic carbocycles. The lowest BCUT2D eigenvalue weighted by molar-refractivity contribution is -0.127. The summed E-state index contributed by atoms with van der Waals surface area (Å²) in [4.78, 5) is 25.9. The fourth-order valence-electron chi connectivity index (χ4n) is 3.11. The maximum absolute atomic E-state index is 12.3. The molecule has 1 aliphatic heterocycles. The van der Waals surface area contributed by atoms with Crippen LogP contribution in [0, 0.1) is 23.7 Å². The molecule has 26 heavy (non-hydrogen) atoms. The van der Waals surface area contributed by atoms with Crippen LogP contribution in [-0.4, -0.2) is 30.4 Å². The number of hydrogen-bond acceptors (Lipinski definition) is 4. The number of nitrogens with two attached hydrogens (primary N) is 1. The fraction of sp³-hybridized carbons (Fsp3) is 0.550. The van der Waals surface area contributed by atoms with Crippen molar-refractivity contribution in [3.63, 3.8) is 0 Å². The summed E-state index contributed by atoms with van der Waals surface area (Å²) < 4.78 is 0. The predicted octanol–water partition coefficient (Wildman–Crippen LogP) is 2.27. The normalized spacial score (nSPS) is 16.6. The zero-order valence-corrected chi connectivity index (χ0v) is 15.8. The first-order chi connectivity index (χ1) is 12.2. The Bertz CT molecular complexity index is 713. The van der Waals surface area contributed by atoms with E-state index in [0.29, 0.717) is 32.4 Å². The zero-order valence-electron chi connectivity index (χ0n) is 15.8. The van der Waals surface area contributed by atoms with Crippen molar-refractivity contribution in [2.75, 3.05) is 18.0 Å². The molecular weight excluding hydrogens is 328 g/mol. The Kier molecular flexibility index (Phi) is 5.91. The molecule has 0 radical (unpaired) electrons. The van der Waals surface area contributed by atoms with Crippen molar-refractivity contribution in [1.29, 1.82) is 5.26 Å². The van der Waals surface area contributed by atoms with Crippen LogP contribution in [0.15, 0.2) is 24.3 Å². The average molecular weight is 356 g/mol. The molecule has 0 spiro atoms. The lowest BCUT2D eigenvalue weighted by Gasteiger charge is -2.39. The van der Waals surface area contributed by atoms with Gasteiger partial charge in [0.1, 0.15) is 5.54 Å². The molecule has 0 aromatic heterocycles. The molecule has 140 valence electrons. The van der Waals surface area contributed by atoms with Gasteiger partial charge in [-0.1, -0.05) is 26.0 Å². The summed E-state index contributed by atoms with van der Waals surface area (Å²) in [5.74, 6) is -0.628. The SMILES string of the molecule is Cc1cccc(N2CCC(C#N)(NC(=O)CCC(C)(C)C(N)=O)CC2)c1. The van der Waals surface area contributed by atoms with Gasteiger partial charge >= 0.3 is 0 Å². The quantitative estimate of drug-likeness (QED) is 0.816. The highest BCUT2D eigenvalue weighted by molar-refractivity contribution is 5.82. The van der Waals surface area contributed by atoms with Gasteiger partial charge in [0.25, 0.3) is 0 Å². The van der Waals surface area contributed by atoms with Crippen molar-refractivity contribution < 1.29 is 9.59 Å². The Hall–Kier alpha value is -2.55. The van der Waals surface area contributed by atoms with Crippen LogP contribution in [0.4, 0.5) is 5.69 Å². The van der Waals surface area contributed by atoms with Gasteiger partial charge in [0.05, 0.1) is 6.07 Å². The maximum Gasteiger partial charge on any atom is 0.223 e. The summed E-state index contributed by atoms with van der Waals surface area (Å²) in [6, 6.07) is 10.6. The van der Waals surface area contributed by atoms with E-state index >= 15 is 0 Å². The van der Waals surface area contributed by atoms with Crippen molar-refractivity contribution in [3.8, 4) is 6.07 Å². The number of primary amides is 1. The smallest absolute Gasteiger partial charge is 0.223 e. The number of aryl methyl sites for hydroxylation is 1. The molecular formula is C20H28N4O2. The standard InChI is InChI=1S/C20H28N4O2/c1-15-5-4-6-16(13-15)24-11-9-20(14-21,10-12-24)23-17(25)7-8-19(2,3)18(22)26/h4-6,13H,7-12H2,1-3H3,(H2,22,26)(H,23,25). The van der Waals surface area contributed by atoms with Gasteiger partial charge in [0.15, 0.2) is 0 Å². The van der Waals surface area contributed by atoms with E-state index in [4.69, 9.17) is 5.73 Å². The summed E-state index contributed by atoms with van der Waals surface area (Å²) in [5, 5.41) is 12.5. The minimum atomic E-state index is -0.839. The number of carbonyl (C=O) groups is 2. The highest BCUT2D eigenvalue weighted by Gasteiger charge is 2.36. The number of carbonyl (C=O) groups excluding carboxylic acids is 2. The lowest BCUT2D eigenvalue weighted by atomic mass is 9.85. The summed E-state index contributed by atoms with van der Waals surface area (Å²) in [5.41, 5.74) is 6.12. The Labute approximate surface area is 155 Å². The highest BCUT2D eigenvalue weighted by Crippen LogP contribution is 2.27. The number of piperidine rings is 1. The number of nitrogens with zero attached hydrogens (tertiary/aromatic N) is 2. The van der Waals surface area contributed by atoms with Crippen LogP contribution in [0.3, 0.4) is 0 Å². The van der Waals surface area contributed by atoms with Crippen molar-refractivity contribution >= 4 is 17.5 Å². The molecule has 1 heterocycles. The third kappa shape index (κ3) is 4.75. The first-order valence-corrected chi connectivity index (χ1v) is 9.01. The van der Waals surface area contributed by atoms with Crippen molar-refractivity contribution in [1.82, 2.24) is 5.32 Å². The summed E-state index contributed by atoms with van der Waals surface area (Å²) in [6.07, 6.45) is 1.69. The average Bonchev–Trinajstić information content (AvgIpc) is 2.60. The van der Waals surface area contributed by atoms with Gasteiger partial charge < -0.3 is 16.0 Å². The number of hydrogen-bond donors (Lipinski definition) is 2. The van der Waals surface area contributed by atoms with Gasteiger partial charge in [-0.2, -0.15) is 5.26 Å².